The van der Waals surface area contributed by atoms with Crippen LogP contribution in [0.4, 0.5) is 5.69 Å². The molecule has 19 heteroatoms. The molecule has 0 aliphatic heterocycles. The minimum Gasteiger partial charge on any atom is -0.507 e. The number of hydrogen-bond acceptors (Lipinski definition) is 13. The number of phenols is 3. The minimum absolute atomic E-state index is 0. The summed E-state index contributed by atoms with van der Waals surface area (Å²) >= 11 is 16.6. The molecule has 13 nitrogen and oxygen atoms in total. The van der Waals surface area contributed by atoms with Crippen LogP contribution in [0.1, 0.15) is 117 Å². The van der Waals surface area contributed by atoms with Crippen molar-refractivity contribution in [3.63, 3.8) is 0 Å². The van der Waals surface area contributed by atoms with Gasteiger partial charge in [0, 0.05) is 124 Å². The van der Waals surface area contributed by atoms with Crippen LogP contribution in [0.5, 0.6) is 17.2 Å². The molecular weight excluding hydrogens is 1440 g/mol. The van der Waals surface area contributed by atoms with Crippen LogP contribution >= 0.6 is 104 Å². The molecule has 464 valence electrons. The summed E-state index contributed by atoms with van der Waals surface area (Å²) in [5, 5.41) is 46.2. The smallest absolute Gasteiger partial charge is 0.334 e. The molecule has 0 saturated carbocycles. The lowest BCUT2D eigenvalue weighted by molar-refractivity contribution is -0.139. The molecule has 0 fully saturated rings. The molecule has 0 saturated heterocycles. The first-order chi connectivity index (χ1) is 36.5. The Balaban J connectivity index is -0.0000000302. The van der Waals surface area contributed by atoms with Crippen molar-refractivity contribution in [2.45, 2.75) is 59.8 Å². The van der Waals surface area contributed by atoms with E-state index < -0.39 is 0 Å². The summed E-state index contributed by atoms with van der Waals surface area (Å²) < 4.78 is 14.0. The Bertz CT molecular complexity index is 3430. The Morgan fingerprint density at radius 3 is 1.38 bits per heavy atom. The van der Waals surface area contributed by atoms with E-state index in [2.05, 4.69) is 91.8 Å². The fourth-order valence-corrected chi connectivity index (χ4v) is 9.89. The number of anilines is 1. The Morgan fingerprint density at radius 1 is 0.603 bits per heavy atom. The molecule has 5 aromatic rings. The van der Waals surface area contributed by atoms with Crippen molar-refractivity contribution in [1.29, 1.82) is 10.5 Å². The monoisotopic (exact) mass is 1540 g/mol. The van der Waals surface area contributed by atoms with Crippen LogP contribution in [0, 0.1) is 36.5 Å². The summed E-state index contributed by atoms with van der Waals surface area (Å²) in [5.41, 5.74) is 19.2. The third-order valence-corrected chi connectivity index (χ3v) is 15.4. The van der Waals surface area contributed by atoms with E-state index in [-0.39, 0.29) is 118 Å². The number of allylic oxidation sites excluding steroid dienone is 3. The molecule has 0 spiro atoms. The van der Waals surface area contributed by atoms with Gasteiger partial charge in [-0.3, -0.25) is 9.59 Å². The second kappa shape index (κ2) is 30.0. The number of carbonyl (C=O) groups is 4. The lowest BCUT2D eigenvalue weighted by Crippen LogP contribution is -2.10. The fourth-order valence-electron chi connectivity index (χ4n) is 7.93. The average molecular weight is 1550 g/mol. The van der Waals surface area contributed by atoms with Crippen LogP contribution in [0.15, 0.2) is 123 Å². The number of ether oxygens (including phenoxy) is 2. The largest absolute Gasteiger partial charge is 0.507 e. The molecular formula is C59H112Br5IN4O9. The number of nitrogens with zero attached hydrogens (tertiary/aromatic N) is 3. The third-order valence-electron chi connectivity index (χ3n) is 11.8. The second-order valence-electron chi connectivity index (χ2n) is 17.8. The highest BCUT2D eigenvalue weighted by atomic mass is 127. The first kappa shape index (κ1) is 64.7. The normalized spacial score (nSPS) is 12.7. The number of carbonyl (C=O) groups excluding carboxylic acids is 4. The molecule has 0 heterocycles. The molecule has 9 rings (SSSR count). The average Bonchev–Trinajstić information content (AvgIpc) is 1.70. The topological polar surface area (TPSA) is 224 Å². The predicted octanol–water partition coefficient (Wildman–Crippen LogP) is 21.2. The summed E-state index contributed by atoms with van der Waals surface area (Å²) in [6.45, 7) is 8.48. The second-order valence-corrected chi connectivity index (χ2v) is 22.1. The molecule has 0 radical (unpaired) electrons. The van der Waals surface area contributed by atoms with E-state index in [9.17, 15) is 34.5 Å². The van der Waals surface area contributed by atoms with Crippen LogP contribution in [-0.4, -0.2) is 71.0 Å². The Kier molecular flexibility index (Phi) is 24.9. The van der Waals surface area contributed by atoms with Crippen LogP contribution in [-0.2, 0) is 54.3 Å². The summed E-state index contributed by atoms with van der Waals surface area (Å²) in [5.74, 6) is -0.425. The highest BCUT2D eigenvalue weighted by Gasteiger charge is 2.25. The number of benzene rings is 5. The lowest BCUT2D eigenvalue weighted by Gasteiger charge is -2.06. The number of rotatable bonds is 9. The third kappa shape index (κ3) is 17.6. The zero-order chi connectivity index (χ0) is 56.8. The van der Waals surface area contributed by atoms with E-state index in [1.807, 2.05) is 63.3 Å². The SMILES string of the molecule is CCOC(=O)C1=Cc2cc(C)c(Br)cc2C1.CCOC(=O)C1=Cc2cc(O)c(Br)cc2C1.CN(C)C=C(C#N)C(=O)C1=Cc2cc(O)c(Br)cc2C1.Cc1ccc(N)cc1Br.I.N#CCC(=O)C1=Cc2cc(O)c(Br)cc2C1.[HH].[HH].[HH].[HH].[HH].[HH].[HH].[HH].[HH].[HH].[HH].[HH].[HH].[HH].[HH].[HH].[HH].[HH].[HH].[HH].[HH].[HH].[HH].[HH].[HH].[HH].[HH].[HH].[HH]. The highest BCUT2D eigenvalue weighted by molar-refractivity contribution is 14.0. The van der Waals surface area contributed by atoms with Gasteiger partial charge in [-0.05, 0) is 210 Å². The summed E-state index contributed by atoms with van der Waals surface area (Å²) in [6.07, 6.45) is 10.8. The lowest BCUT2D eigenvalue weighted by atomic mass is 10.0. The van der Waals surface area contributed by atoms with Crippen molar-refractivity contribution in [2.75, 3.05) is 33.0 Å². The number of nitrogens with two attached hydrogens (primary N) is 1. The van der Waals surface area contributed by atoms with Gasteiger partial charge in [0.15, 0.2) is 5.78 Å². The number of phenolic OH excluding ortho intramolecular Hbond substituents is 3. The number of fused-ring (bicyclic) bond motifs is 4. The van der Waals surface area contributed by atoms with E-state index in [0.29, 0.717) is 69.0 Å². The van der Waals surface area contributed by atoms with Crippen molar-refractivity contribution >= 4 is 157 Å². The van der Waals surface area contributed by atoms with Gasteiger partial charge in [0.25, 0.3) is 0 Å². The van der Waals surface area contributed by atoms with Gasteiger partial charge in [0.2, 0.25) is 5.78 Å². The molecule has 0 bridgehead atoms. The first-order valence-electron chi connectivity index (χ1n) is 23.7. The maximum atomic E-state index is 12.3. The molecule has 5 aromatic carbocycles. The first-order valence-corrected chi connectivity index (χ1v) is 27.7. The van der Waals surface area contributed by atoms with Crippen LogP contribution < -0.4 is 5.73 Å². The summed E-state index contributed by atoms with van der Waals surface area (Å²) in [7, 11) is 3.52. The molecule has 4 aliphatic carbocycles. The number of Topliss-reactive ketones (excluding diaryl/α,β-unsaturated/α-hetero) is 2. The van der Waals surface area contributed by atoms with Crippen molar-refractivity contribution in [1.82, 2.24) is 4.90 Å². The van der Waals surface area contributed by atoms with Gasteiger partial charge < -0.3 is 35.4 Å². The molecule has 78 heavy (non-hydrogen) atoms. The molecule has 0 atom stereocenters. The zero-order valence-corrected chi connectivity index (χ0v) is 53.5. The number of aromatic hydroxyl groups is 3. The van der Waals surface area contributed by atoms with Gasteiger partial charge in [0.05, 0.1) is 39.1 Å². The number of aryl methyl sites for hydroxylation is 2. The zero-order valence-electron chi connectivity index (χ0n) is 43.2. The quantitative estimate of drug-likeness (QED) is 0.0355. The van der Waals surface area contributed by atoms with Crippen LogP contribution in [0.3, 0.4) is 0 Å². The fraction of sp³-hybridized carbons (Fsp3) is 0.220. The van der Waals surface area contributed by atoms with Gasteiger partial charge >= 0.3 is 11.9 Å². The van der Waals surface area contributed by atoms with Gasteiger partial charge in [-0.15, -0.1) is 24.0 Å². The molecule has 0 amide bonds. The van der Waals surface area contributed by atoms with Gasteiger partial charge in [0.1, 0.15) is 28.9 Å². The maximum Gasteiger partial charge on any atom is 0.334 e. The van der Waals surface area contributed by atoms with Crippen LogP contribution in [0.25, 0.3) is 24.3 Å². The van der Waals surface area contributed by atoms with Crippen molar-refractivity contribution in [2.24, 2.45) is 0 Å². The van der Waals surface area contributed by atoms with E-state index in [4.69, 9.17) is 25.7 Å². The summed E-state index contributed by atoms with van der Waals surface area (Å²) in [4.78, 5) is 48.6. The van der Waals surface area contributed by atoms with Crippen molar-refractivity contribution in [3.8, 4) is 29.4 Å². The highest BCUT2D eigenvalue weighted by Crippen LogP contribution is 2.37. The van der Waals surface area contributed by atoms with E-state index in [1.165, 1.54) is 22.9 Å². The van der Waals surface area contributed by atoms with Crippen LogP contribution in [0.2, 0.25) is 0 Å². The number of ketones is 2. The number of hydrogen-bond donors (Lipinski definition) is 4. The van der Waals surface area contributed by atoms with Gasteiger partial charge in [-0.2, -0.15) is 10.5 Å². The number of nitrogen functional groups attached to an aromatic ring is 1. The van der Waals surface area contributed by atoms with Gasteiger partial charge in [-0.1, -0.05) is 44.0 Å². The van der Waals surface area contributed by atoms with E-state index >= 15 is 0 Å². The Morgan fingerprint density at radius 2 is 0.987 bits per heavy atom. The number of nitriles is 2. The van der Waals surface area contributed by atoms with E-state index in [1.54, 1.807) is 74.5 Å². The number of halogens is 6. The molecule has 4 aliphatic rings. The standard InChI is InChI=1S/C15H13BrN2O2.C13H13BrO2.C12H8BrNO2.C12H11BrO3.C7H8BrN.HI.29H2/c1-18(2)8-12(7-17)15(20)11-3-9-5-13(16)14(19)6-10(9)4-11;1-3-16-13(15)11-5-9-4-8(2)12(14)7-10(9)6-11;13-10-5-7-3-9(11(15)1-2-14)4-8(7)6-12(10)16;1-2-16-12(15)9-3-7-5-10(13)11(14)6-8(7)4-9;1-5-2-3-6(9)4-7(5)8;;;;;;;;;;;;;;;;;;;;;;;;;;;;;;/h4-6,8,19H,3H2,1-2H3;4-5,7H,3,6H2,1-2H3;4-6,16H,1,3H2;4-6,14H,2-3H2,1H3;2-4H,9H2,1H3;30*1H. The minimum atomic E-state index is -0.283. The van der Waals surface area contributed by atoms with E-state index in [0.717, 1.165) is 59.2 Å². The predicted molar refractivity (Wildman–Crippen MR) is 394 cm³/mol. The van der Waals surface area contributed by atoms with Gasteiger partial charge in [-0.25, -0.2) is 9.59 Å². The summed E-state index contributed by atoms with van der Waals surface area (Å²) in [6, 6.07) is 24.0. The molecule has 0 aromatic heterocycles. The molecule has 0 unspecified atom stereocenters. The molecule has 5 N–H and O–H groups in total. The Hall–Kier alpha value is -5.81. The maximum absolute atomic E-state index is 12.3. The van der Waals surface area contributed by atoms with Crippen molar-refractivity contribution in [3.05, 3.63) is 179 Å². The van der Waals surface area contributed by atoms with Crippen molar-refractivity contribution < 1.29 is 85.3 Å². The number of esters is 2. The Labute approximate surface area is 555 Å².